The van der Waals surface area contributed by atoms with Gasteiger partial charge in [-0.3, -0.25) is 0 Å². The highest BCUT2D eigenvalue weighted by Gasteiger charge is 2.23. The predicted molar refractivity (Wildman–Crippen MR) is 75.5 cm³/mol. The van der Waals surface area contributed by atoms with Gasteiger partial charge in [-0.15, -0.1) is 0 Å². The molecule has 0 aromatic heterocycles. The van der Waals surface area contributed by atoms with Crippen LogP contribution in [0.4, 0.5) is 0 Å². The molecule has 0 amide bonds. The maximum absolute atomic E-state index is 5.91. The molecule has 1 aliphatic rings. The second-order valence-electron chi connectivity index (χ2n) is 5.12. The molecule has 0 aromatic rings. The highest BCUT2D eigenvalue weighted by molar-refractivity contribution is 6.71. The molecule has 0 N–H and O–H groups in total. The topological polar surface area (TPSA) is 49.5 Å². The lowest BCUT2D eigenvalue weighted by Gasteiger charge is -2.22. The summed E-state index contributed by atoms with van der Waals surface area (Å²) in [5.74, 6) is 0. The molecule has 0 aromatic carbocycles. The van der Waals surface area contributed by atoms with Crippen molar-refractivity contribution in [2.24, 2.45) is 0 Å². The quantitative estimate of drug-likeness (QED) is 0.238. The molecule has 5 nitrogen and oxygen atoms in total. The molecule has 1 fully saturated rings. The van der Waals surface area contributed by atoms with E-state index in [0.717, 1.165) is 32.3 Å². The minimum atomic E-state index is -1.58. The third-order valence-corrected chi connectivity index (χ3v) is 5.30. The van der Waals surface area contributed by atoms with E-state index in [1.165, 1.54) is 12.5 Å². The van der Waals surface area contributed by atoms with E-state index in [9.17, 15) is 0 Å². The normalized spacial score (nSPS) is 18.8. The molecule has 1 unspecified atom stereocenters. The van der Waals surface area contributed by atoms with Crippen molar-refractivity contribution in [1.82, 2.24) is 0 Å². The van der Waals surface area contributed by atoms with E-state index in [0.29, 0.717) is 19.3 Å². The second kappa shape index (κ2) is 9.36. The highest BCUT2D eigenvalue weighted by Crippen LogP contribution is 2.14. The lowest BCUT2D eigenvalue weighted by atomic mass is 10.5. The van der Waals surface area contributed by atoms with E-state index >= 15 is 0 Å². The molecule has 0 spiro atoms. The van der Waals surface area contributed by atoms with Gasteiger partial charge in [-0.05, 0) is 25.6 Å². The van der Waals surface area contributed by atoms with E-state index in [1.807, 2.05) is 0 Å². The lowest BCUT2D eigenvalue weighted by Crippen LogP contribution is -2.32. The number of rotatable bonds is 12. The Morgan fingerprint density at radius 3 is 2.68 bits per heavy atom. The first-order valence-electron chi connectivity index (χ1n) is 6.77. The SMILES string of the molecule is CO/C=C/OCCO[Si](C)(C)CCCOCC1CO1. The van der Waals surface area contributed by atoms with Gasteiger partial charge in [-0.2, -0.15) is 0 Å². The summed E-state index contributed by atoms with van der Waals surface area (Å²) >= 11 is 0. The van der Waals surface area contributed by atoms with Crippen molar-refractivity contribution in [2.75, 3.05) is 40.1 Å². The Bertz CT molecular complexity index is 253. The van der Waals surface area contributed by atoms with Crippen molar-refractivity contribution >= 4 is 8.32 Å². The van der Waals surface area contributed by atoms with Crippen molar-refractivity contribution in [1.29, 1.82) is 0 Å². The minimum Gasteiger partial charge on any atom is -0.501 e. The average molecular weight is 290 g/mol. The summed E-state index contributed by atoms with van der Waals surface area (Å²) < 4.78 is 26.4. The molecule has 1 saturated heterocycles. The maximum atomic E-state index is 5.91. The number of ether oxygens (including phenoxy) is 4. The number of epoxide rings is 1. The summed E-state index contributed by atoms with van der Waals surface area (Å²) in [4.78, 5) is 0. The van der Waals surface area contributed by atoms with Crippen molar-refractivity contribution in [3.63, 3.8) is 0 Å². The van der Waals surface area contributed by atoms with Crippen molar-refractivity contribution in [2.45, 2.75) is 31.7 Å². The van der Waals surface area contributed by atoms with Crippen molar-refractivity contribution in [3.05, 3.63) is 12.5 Å². The van der Waals surface area contributed by atoms with E-state index in [-0.39, 0.29) is 0 Å². The molecule has 0 radical (unpaired) electrons. The predicted octanol–water partition coefficient (Wildman–Crippen LogP) is 2.15. The monoisotopic (exact) mass is 290 g/mol. The summed E-state index contributed by atoms with van der Waals surface area (Å²) in [6.07, 6.45) is 4.45. The number of methoxy groups -OCH3 is 1. The summed E-state index contributed by atoms with van der Waals surface area (Å²) in [6, 6.07) is 1.10. The van der Waals surface area contributed by atoms with E-state index in [4.69, 9.17) is 23.4 Å². The average Bonchev–Trinajstić information content (AvgIpc) is 3.17. The molecule has 0 saturated carbocycles. The van der Waals surface area contributed by atoms with Crippen LogP contribution in [0.15, 0.2) is 12.5 Å². The van der Waals surface area contributed by atoms with Gasteiger partial charge in [-0.25, -0.2) is 0 Å². The number of hydrogen-bond donors (Lipinski definition) is 0. The summed E-state index contributed by atoms with van der Waals surface area (Å²) in [6.45, 7) is 8.04. The zero-order valence-corrected chi connectivity index (χ0v) is 13.2. The van der Waals surface area contributed by atoms with Crippen LogP contribution in [0.3, 0.4) is 0 Å². The molecule has 19 heavy (non-hydrogen) atoms. The molecule has 6 heteroatoms. The zero-order valence-electron chi connectivity index (χ0n) is 12.2. The molecule has 112 valence electrons. The van der Waals surface area contributed by atoms with Gasteiger partial charge in [0.15, 0.2) is 8.32 Å². The van der Waals surface area contributed by atoms with E-state index in [2.05, 4.69) is 13.1 Å². The van der Waals surface area contributed by atoms with Gasteiger partial charge in [0, 0.05) is 6.61 Å². The van der Waals surface area contributed by atoms with Crippen LogP contribution < -0.4 is 0 Å². The zero-order chi connectivity index (χ0) is 14.0. The Kier molecular flexibility index (Phi) is 8.12. The van der Waals surface area contributed by atoms with Gasteiger partial charge in [0.2, 0.25) is 0 Å². The van der Waals surface area contributed by atoms with Crippen LogP contribution in [0.1, 0.15) is 6.42 Å². The molecule has 0 bridgehead atoms. The molecule has 0 aliphatic carbocycles. The first-order chi connectivity index (χ1) is 9.14. The van der Waals surface area contributed by atoms with Gasteiger partial charge in [0.25, 0.3) is 0 Å². The first kappa shape index (κ1) is 16.5. The molecular formula is C13H26O5Si. The highest BCUT2D eigenvalue weighted by atomic mass is 28.4. The van der Waals surface area contributed by atoms with Crippen LogP contribution in [-0.4, -0.2) is 54.6 Å². The van der Waals surface area contributed by atoms with Gasteiger partial charge < -0.3 is 23.4 Å². The summed E-state index contributed by atoms with van der Waals surface area (Å²) in [7, 11) is 0.00714. The number of hydrogen-bond acceptors (Lipinski definition) is 5. The van der Waals surface area contributed by atoms with Gasteiger partial charge in [0.1, 0.15) is 25.2 Å². The Labute approximate surface area is 116 Å². The third-order valence-electron chi connectivity index (χ3n) is 2.76. The fourth-order valence-electron chi connectivity index (χ4n) is 1.58. The molecule has 1 rings (SSSR count). The Morgan fingerprint density at radius 1 is 1.21 bits per heavy atom. The maximum Gasteiger partial charge on any atom is 0.187 e. The molecule has 1 aliphatic heterocycles. The Balaban J connectivity index is 1.91. The van der Waals surface area contributed by atoms with Gasteiger partial charge in [-0.1, -0.05) is 0 Å². The third kappa shape index (κ3) is 9.95. The Morgan fingerprint density at radius 2 is 2.00 bits per heavy atom. The molecule has 1 atom stereocenters. The van der Waals surface area contributed by atoms with Crippen LogP contribution in [0, 0.1) is 0 Å². The van der Waals surface area contributed by atoms with E-state index in [1.54, 1.807) is 7.11 Å². The largest absolute Gasteiger partial charge is 0.501 e. The fraction of sp³-hybridized carbons (Fsp3) is 0.846. The van der Waals surface area contributed by atoms with Crippen molar-refractivity contribution in [3.8, 4) is 0 Å². The summed E-state index contributed by atoms with van der Waals surface area (Å²) in [5.41, 5.74) is 0. The lowest BCUT2D eigenvalue weighted by molar-refractivity contribution is 0.115. The summed E-state index contributed by atoms with van der Waals surface area (Å²) in [5, 5.41) is 0. The van der Waals surface area contributed by atoms with Crippen LogP contribution in [0.25, 0.3) is 0 Å². The van der Waals surface area contributed by atoms with Crippen LogP contribution in [0.2, 0.25) is 19.1 Å². The first-order valence-corrected chi connectivity index (χ1v) is 9.88. The minimum absolute atomic E-state index is 0.360. The van der Waals surface area contributed by atoms with Crippen LogP contribution in [-0.2, 0) is 23.4 Å². The molecule has 1 heterocycles. The van der Waals surface area contributed by atoms with Gasteiger partial charge in [0.05, 0.1) is 26.9 Å². The van der Waals surface area contributed by atoms with Gasteiger partial charge >= 0.3 is 0 Å². The van der Waals surface area contributed by atoms with Crippen LogP contribution in [0.5, 0.6) is 0 Å². The Hall–Kier alpha value is -0.563. The van der Waals surface area contributed by atoms with E-state index < -0.39 is 8.32 Å². The second-order valence-corrected chi connectivity index (χ2v) is 9.43. The fourth-order valence-corrected chi connectivity index (χ4v) is 3.36. The van der Waals surface area contributed by atoms with Crippen LogP contribution >= 0.6 is 0 Å². The smallest absolute Gasteiger partial charge is 0.187 e. The molecular weight excluding hydrogens is 264 g/mol. The van der Waals surface area contributed by atoms with Crippen molar-refractivity contribution < 1.29 is 23.4 Å². The standard InChI is InChI=1S/C13H26O5Si/c1-14-6-7-15-8-9-18-19(2,3)10-4-5-16-11-13-12-17-13/h6-7,13H,4-5,8-12H2,1-3H3/b7-6+.